The van der Waals surface area contributed by atoms with Crippen molar-refractivity contribution in [3.63, 3.8) is 0 Å². The zero-order chi connectivity index (χ0) is 9.90. The topological polar surface area (TPSA) is 43.8 Å². The van der Waals surface area contributed by atoms with Gasteiger partial charge < -0.3 is 10.3 Å². The van der Waals surface area contributed by atoms with E-state index in [4.69, 9.17) is 5.73 Å². The second kappa shape index (κ2) is 3.92. The number of imidazole rings is 1. The Balaban J connectivity index is 2.73. The molecule has 0 atom stereocenters. The Kier molecular flexibility index (Phi) is 3.09. The number of nitrogens with two attached hydrogens (primary N) is 1. The molecule has 2 N–H and O–H groups in total. The minimum Gasteiger partial charge on any atom is -0.335 e. The molecule has 0 bridgehead atoms. The number of aryl methyl sites for hydroxylation is 1. The fraction of sp³-hybridized carbons (Fsp3) is 0.700. The third-order valence-corrected chi connectivity index (χ3v) is 2.33. The monoisotopic (exact) mass is 181 g/mol. The van der Waals surface area contributed by atoms with Gasteiger partial charge in [0.05, 0.1) is 0 Å². The van der Waals surface area contributed by atoms with Gasteiger partial charge in [-0.3, -0.25) is 0 Å². The van der Waals surface area contributed by atoms with Gasteiger partial charge in [0.1, 0.15) is 5.82 Å². The fourth-order valence-corrected chi connectivity index (χ4v) is 1.30. The van der Waals surface area contributed by atoms with Crippen molar-refractivity contribution in [3.05, 3.63) is 18.2 Å². The highest BCUT2D eigenvalue weighted by Crippen LogP contribution is 2.18. The summed E-state index contributed by atoms with van der Waals surface area (Å²) in [7, 11) is 0. The van der Waals surface area contributed by atoms with Crippen LogP contribution >= 0.6 is 0 Å². The number of nitrogens with zero attached hydrogens (tertiary/aromatic N) is 2. The molecular weight excluding hydrogens is 162 g/mol. The molecule has 1 heterocycles. The first-order valence-electron chi connectivity index (χ1n) is 4.79. The highest BCUT2D eigenvalue weighted by atomic mass is 15.1. The SMILES string of the molecule is CCn1ccnc1CC(C)(C)CN. The highest BCUT2D eigenvalue weighted by Gasteiger charge is 2.18. The molecule has 3 heteroatoms. The minimum atomic E-state index is 0.151. The summed E-state index contributed by atoms with van der Waals surface area (Å²) in [6.45, 7) is 8.14. The van der Waals surface area contributed by atoms with Crippen LogP contribution in [0.25, 0.3) is 0 Å². The van der Waals surface area contributed by atoms with Crippen molar-refractivity contribution >= 4 is 0 Å². The van der Waals surface area contributed by atoms with Crippen molar-refractivity contribution in [2.45, 2.75) is 33.7 Å². The molecule has 0 aliphatic carbocycles. The zero-order valence-electron chi connectivity index (χ0n) is 8.75. The van der Waals surface area contributed by atoms with Crippen LogP contribution in [0, 0.1) is 5.41 Å². The quantitative estimate of drug-likeness (QED) is 0.763. The molecule has 0 fully saturated rings. The average Bonchev–Trinajstić information content (AvgIpc) is 2.51. The van der Waals surface area contributed by atoms with Crippen molar-refractivity contribution in [1.29, 1.82) is 0 Å². The summed E-state index contributed by atoms with van der Waals surface area (Å²) in [4.78, 5) is 4.33. The van der Waals surface area contributed by atoms with Crippen LogP contribution in [-0.4, -0.2) is 16.1 Å². The van der Waals surface area contributed by atoms with Crippen molar-refractivity contribution in [2.75, 3.05) is 6.54 Å². The Labute approximate surface area is 80.0 Å². The van der Waals surface area contributed by atoms with E-state index in [1.54, 1.807) is 0 Å². The molecule has 1 rings (SSSR count). The van der Waals surface area contributed by atoms with Gasteiger partial charge in [-0.1, -0.05) is 13.8 Å². The van der Waals surface area contributed by atoms with Gasteiger partial charge >= 0.3 is 0 Å². The molecule has 0 aliphatic heterocycles. The summed E-state index contributed by atoms with van der Waals surface area (Å²) in [5.74, 6) is 1.14. The molecular formula is C10H19N3. The molecule has 0 radical (unpaired) electrons. The van der Waals surface area contributed by atoms with Gasteiger partial charge in [0.15, 0.2) is 0 Å². The largest absolute Gasteiger partial charge is 0.335 e. The third kappa shape index (κ3) is 2.56. The summed E-state index contributed by atoms with van der Waals surface area (Å²) >= 11 is 0. The lowest BCUT2D eigenvalue weighted by atomic mass is 9.89. The molecule has 1 aromatic rings. The van der Waals surface area contributed by atoms with Crippen LogP contribution in [0.3, 0.4) is 0 Å². The first-order valence-corrected chi connectivity index (χ1v) is 4.79. The van der Waals surface area contributed by atoms with Crippen molar-refractivity contribution in [2.24, 2.45) is 11.1 Å². The van der Waals surface area contributed by atoms with E-state index in [1.807, 2.05) is 12.4 Å². The van der Waals surface area contributed by atoms with Crippen LogP contribution in [0.2, 0.25) is 0 Å². The Morgan fingerprint density at radius 1 is 1.54 bits per heavy atom. The lowest BCUT2D eigenvalue weighted by molar-refractivity contribution is 0.361. The maximum Gasteiger partial charge on any atom is 0.109 e. The standard InChI is InChI=1S/C10H19N3/c1-4-13-6-5-12-9(13)7-10(2,3)8-11/h5-6H,4,7-8,11H2,1-3H3. The highest BCUT2D eigenvalue weighted by molar-refractivity contribution is 4.96. The Bertz CT molecular complexity index is 263. The first kappa shape index (κ1) is 10.3. The number of aromatic nitrogens is 2. The van der Waals surface area contributed by atoms with Crippen LogP contribution < -0.4 is 5.73 Å². The van der Waals surface area contributed by atoms with E-state index in [2.05, 4.69) is 30.3 Å². The van der Waals surface area contributed by atoms with Gasteiger partial charge in [0, 0.05) is 25.4 Å². The summed E-state index contributed by atoms with van der Waals surface area (Å²) in [6, 6.07) is 0. The maximum absolute atomic E-state index is 5.68. The van der Waals surface area contributed by atoms with Crippen molar-refractivity contribution in [1.82, 2.24) is 9.55 Å². The van der Waals surface area contributed by atoms with Gasteiger partial charge in [-0.2, -0.15) is 0 Å². The number of hydrogen-bond donors (Lipinski definition) is 1. The number of rotatable bonds is 4. The molecule has 0 saturated heterocycles. The fourth-order valence-electron chi connectivity index (χ4n) is 1.30. The van der Waals surface area contributed by atoms with E-state index in [0.717, 1.165) is 18.8 Å². The Morgan fingerprint density at radius 3 is 2.77 bits per heavy atom. The molecule has 1 aromatic heterocycles. The van der Waals surface area contributed by atoms with E-state index >= 15 is 0 Å². The Hall–Kier alpha value is -0.830. The molecule has 74 valence electrons. The molecule has 0 saturated carbocycles. The predicted molar refractivity (Wildman–Crippen MR) is 54.4 cm³/mol. The average molecular weight is 181 g/mol. The summed E-state index contributed by atoms with van der Waals surface area (Å²) in [6.07, 6.45) is 4.82. The lowest BCUT2D eigenvalue weighted by Gasteiger charge is -2.21. The molecule has 0 unspecified atom stereocenters. The summed E-state index contributed by atoms with van der Waals surface area (Å²) in [5, 5.41) is 0. The van der Waals surface area contributed by atoms with Crippen LogP contribution in [0.1, 0.15) is 26.6 Å². The second-order valence-corrected chi connectivity index (χ2v) is 4.17. The maximum atomic E-state index is 5.68. The van der Waals surface area contributed by atoms with E-state index < -0.39 is 0 Å². The van der Waals surface area contributed by atoms with Crippen molar-refractivity contribution in [3.8, 4) is 0 Å². The van der Waals surface area contributed by atoms with Crippen molar-refractivity contribution < 1.29 is 0 Å². The van der Waals surface area contributed by atoms with Crippen LogP contribution in [0.4, 0.5) is 0 Å². The van der Waals surface area contributed by atoms with Crippen LogP contribution in [0.15, 0.2) is 12.4 Å². The normalized spacial score (nSPS) is 12.0. The van der Waals surface area contributed by atoms with Gasteiger partial charge in [0.2, 0.25) is 0 Å². The summed E-state index contributed by atoms with van der Waals surface area (Å²) < 4.78 is 2.16. The molecule has 13 heavy (non-hydrogen) atoms. The van der Waals surface area contributed by atoms with Gasteiger partial charge in [0.25, 0.3) is 0 Å². The van der Waals surface area contributed by atoms with E-state index in [9.17, 15) is 0 Å². The molecule has 0 aliphatic rings. The van der Waals surface area contributed by atoms with E-state index in [-0.39, 0.29) is 5.41 Å². The third-order valence-electron chi connectivity index (χ3n) is 2.33. The first-order chi connectivity index (χ1) is 6.09. The molecule has 0 amide bonds. The Morgan fingerprint density at radius 2 is 2.23 bits per heavy atom. The molecule has 0 aromatic carbocycles. The number of hydrogen-bond acceptors (Lipinski definition) is 2. The van der Waals surface area contributed by atoms with Gasteiger partial charge in [-0.15, -0.1) is 0 Å². The van der Waals surface area contributed by atoms with E-state index in [0.29, 0.717) is 6.54 Å². The summed E-state index contributed by atoms with van der Waals surface area (Å²) in [5.41, 5.74) is 5.83. The second-order valence-electron chi connectivity index (χ2n) is 4.17. The predicted octanol–water partition coefficient (Wildman–Crippen LogP) is 1.43. The smallest absolute Gasteiger partial charge is 0.109 e. The minimum absolute atomic E-state index is 0.151. The van der Waals surface area contributed by atoms with Gasteiger partial charge in [-0.05, 0) is 18.9 Å². The van der Waals surface area contributed by atoms with Crippen LogP contribution in [-0.2, 0) is 13.0 Å². The van der Waals surface area contributed by atoms with E-state index in [1.165, 1.54) is 0 Å². The molecule has 3 nitrogen and oxygen atoms in total. The lowest BCUT2D eigenvalue weighted by Crippen LogP contribution is -2.27. The van der Waals surface area contributed by atoms with Crippen LogP contribution in [0.5, 0.6) is 0 Å². The van der Waals surface area contributed by atoms with Gasteiger partial charge in [-0.25, -0.2) is 4.98 Å². The zero-order valence-corrected chi connectivity index (χ0v) is 8.75. The molecule has 0 spiro atoms.